The second-order valence-electron chi connectivity index (χ2n) is 7.14. The summed E-state index contributed by atoms with van der Waals surface area (Å²) in [5.74, 6) is -1.13. The molecule has 0 aliphatic carbocycles. The molecule has 0 atom stereocenters. The Hall–Kier alpha value is -2.76. The van der Waals surface area contributed by atoms with Crippen molar-refractivity contribution in [1.82, 2.24) is 0 Å². The number of carbonyl (C=O) groups is 2. The molecule has 29 heavy (non-hydrogen) atoms. The molecule has 0 N–H and O–H groups in total. The van der Waals surface area contributed by atoms with Crippen LogP contribution in [0.2, 0.25) is 0 Å². The van der Waals surface area contributed by atoms with Crippen molar-refractivity contribution >= 4 is 78.6 Å². The van der Waals surface area contributed by atoms with Crippen molar-refractivity contribution < 1.29 is 14.3 Å². The fraction of sp³-hybridized carbons (Fsp3) is 0.0833. The number of hydrogen-bond donors (Lipinski definition) is 0. The highest BCUT2D eigenvalue weighted by molar-refractivity contribution is 7.99. The lowest BCUT2D eigenvalue weighted by molar-refractivity contribution is 0.0391. The van der Waals surface area contributed by atoms with Crippen molar-refractivity contribution in [3.8, 4) is 0 Å². The van der Waals surface area contributed by atoms with Crippen molar-refractivity contribution in [1.29, 1.82) is 0 Å². The minimum absolute atomic E-state index is 0.475. The SMILES string of the molecule is CSc1cc2c3c(cc(SC)c4c5cccc6cccc(c1c34)c65)C(=O)OC2=O. The van der Waals surface area contributed by atoms with Crippen LogP contribution in [0.15, 0.2) is 58.3 Å². The van der Waals surface area contributed by atoms with Gasteiger partial charge in [0.15, 0.2) is 0 Å². The van der Waals surface area contributed by atoms with Gasteiger partial charge in [0.1, 0.15) is 0 Å². The van der Waals surface area contributed by atoms with Crippen molar-refractivity contribution in [2.45, 2.75) is 9.79 Å². The van der Waals surface area contributed by atoms with Gasteiger partial charge in [0.2, 0.25) is 0 Å². The van der Waals surface area contributed by atoms with E-state index >= 15 is 0 Å². The van der Waals surface area contributed by atoms with Crippen LogP contribution >= 0.6 is 23.5 Å². The predicted octanol–water partition coefficient (Wildman–Crippen LogP) is 6.49. The molecule has 0 saturated carbocycles. The number of hydrogen-bond acceptors (Lipinski definition) is 5. The first-order valence-corrected chi connectivity index (χ1v) is 11.6. The van der Waals surface area contributed by atoms with Gasteiger partial charge in [-0.25, -0.2) is 9.59 Å². The van der Waals surface area contributed by atoms with Crippen LogP contribution < -0.4 is 0 Å². The van der Waals surface area contributed by atoms with Gasteiger partial charge in [0.05, 0.1) is 11.1 Å². The second kappa shape index (κ2) is 5.88. The highest BCUT2D eigenvalue weighted by Gasteiger charge is 2.32. The number of rotatable bonds is 2. The number of benzene rings is 5. The first kappa shape index (κ1) is 17.1. The summed E-state index contributed by atoms with van der Waals surface area (Å²) in [6.07, 6.45) is 4.03. The number of thioether (sulfide) groups is 2. The summed E-state index contributed by atoms with van der Waals surface area (Å²) in [7, 11) is 0. The summed E-state index contributed by atoms with van der Waals surface area (Å²) in [6, 6.07) is 16.5. The number of ether oxygens (including phenoxy) is 1. The molecule has 5 aromatic rings. The topological polar surface area (TPSA) is 43.4 Å². The highest BCUT2D eigenvalue weighted by atomic mass is 32.2. The van der Waals surface area contributed by atoms with Crippen LogP contribution in [0.1, 0.15) is 20.7 Å². The number of esters is 2. The highest BCUT2D eigenvalue weighted by Crippen LogP contribution is 2.49. The van der Waals surface area contributed by atoms with E-state index in [-0.39, 0.29) is 0 Å². The zero-order valence-corrected chi connectivity index (χ0v) is 17.3. The average molecular weight is 415 g/mol. The van der Waals surface area contributed by atoms with Gasteiger partial charge in [0, 0.05) is 31.3 Å². The molecule has 0 unspecified atom stereocenters. The van der Waals surface area contributed by atoms with E-state index in [4.69, 9.17) is 4.74 Å². The van der Waals surface area contributed by atoms with Gasteiger partial charge in [-0.2, -0.15) is 0 Å². The molecule has 3 nitrogen and oxygen atoms in total. The summed E-state index contributed by atoms with van der Waals surface area (Å²) in [5, 5.41) is 8.64. The molecule has 6 rings (SSSR count). The molecule has 0 spiro atoms. The number of carbonyl (C=O) groups excluding carboxylic acids is 2. The van der Waals surface area contributed by atoms with Gasteiger partial charge in [-0.15, -0.1) is 23.5 Å². The lowest BCUT2D eigenvalue weighted by Crippen LogP contribution is -2.20. The molecule has 0 bridgehead atoms. The molecule has 0 saturated heterocycles. The maximum absolute atomic E-state index is 12.6. The largest absolute Gasteiger partial charge is 0.386 e. The van der Waals surface area contributed by atoms with Gasteiger partial charge >= 0.3 is 11.9 Å². The van der Waals surface area contributed by atoms with Crippen molar-refractivity contribution in [3.63, 3.8) is 0 Å². The monoisotopic (exact) mass is 414 g/mol. The summed E-state index contributed by atoms with van der Waals surface area (Å²) in [5.41, 5.74) is 0.950. The Morgan fingerprint density at radius 3 is 1.66 bits per heavy atom. The third-order valence-electron chi connectivity index (χ3n) is 5.84. The van der Waals surface area contributed by atoms with Gasteiger partial charge in [-0.1, -0.05) is 36.4 Å². The standard InChI is InChI=1S/C24H14O3S2/c1-28-16-9-14-19-15(24(26)27-23(14)25)10-17(29-2)21-13-8-4-6-11-5-3-7-12(18(11)13)20(16)22(19)21/h3-10H,1-2H3. The van der Waals surface area contributed by atoms with Gasteiger partial charge in [-0.3, -0.25) is 0 Å². The molecule has 0 fully saturated rings. The van der Waals surface area contributed by atoms with E-state index in [9.17, 15) is 9.59 Å². The normalized spacial score (nSPS) is 13.9. The first-order valence-electron chi connectivity index (χ1n) is 9.18. The molecule has 1 aliphatic heterocycles. The quantitative estimate of drug-likeness (QED) is 0.109. The fourth-order valence-corrected chi connectivity index (χ4v) is 6.02. The molecular weight excluding hydrogens is 400 g/mol. The van der Waals surface area contributed by atoms with E-state index in [1.54, 1.807) is 23.5 Å². The van der Waals surface area contributed by atoms with Crippen LogP contribution in [-0.4, -0.2) is 24.5 Å². The minimum atomic E-state index is -0.565. The van der Waals surface area contributed by atoms with Crippen LogP contribution in [0.4, 0.5) is 0 Å². The fourth-order valence-electron chi connectivity index (χ4n) is 4.72. The Bertz CT molecular complexity index is 1430. The molecule has 5 heteroatoms. The Balaban J connectivity index is 2.08. The van der Waals surface area contributed by atoms with Crippen LogP contribution in [0.3, 0.4) is 0 Å². The van der Waals surface area contributed by atoms with Crippen molar-refractivity contribution in [3.05, 3.63) is 59.7 Å². The predicted molar refractivity (Wildman–Crippen MR) is 121 cm³/mol. The van der Waals surface area contributed by atoms with E-state index in [2.05, 4.69) is 36.4 Å². The smallest absolute Gasteiger partial charge is 0.346 e. The maximum Gasteiger partial charge on any atom is 0.346 e. The van der Waals surface area contributed by atoms with Crippen LogP contribution in [-0.2, 0) is 4.74 Å². The lowest BCUT2D eigenvalue weighted by Gasteiger charge is -2.23. The summed E-state index contributed by atoms with van der Waals surface area (Å²) < 4.78 is 5.06. The zero-order chi connectivity index (χ0) is 19.9. The molecule has 0 amide bonds. The molecule has 1 heterocycles. The average Bonchev–Trinajstić information content (AvgIpc) is 2.75. The summed E-state index contributed by atoms with van der Waals surface area (Å²) in [4.78, 5) is 27.3. The summed E-state index contributed by atoms with van der Waals surface area (Å²) in [6.45, 7) is 0. The molecule has 140 valence electrons. The lowest BCUT2D eigenvalue weighted by atomic mass is 9.86. The van der Waals surface area contributed by atoms with E-state index in [0.717, 1.165) is 42.1 Å². The zero-order valence-electron chi connectivity index (χ0n) is 15.7. The number of fused-ring (bicyclic) bond motifs is 2. The summed E-state index contributed by atoms with van der Waals surface area (Å²) >= 11 is 3.23. The third kappa shape index (κ3) is 2.07. The first-order chi connectivity index (χ1) is 14.1. The third-order valence-corrected chi connectivity index (χ3v) is 7.36. The Labute approximate surface area is 174 Å². The molecule has 0 radical (unpaired) electrons. The second-order valence-corrected chi connectivity index (χ2v) is 8.84. The van der Waals surface area contributed by atoms with Crippen LogP contribution in [0.5, 0.6) is 0 Å². The van der Waals surface area contributed by atoms with Crippen LogP contribution in [0.25, 0.3) is 43.1 Å². The van der Waals surface area contributed by atoms with Gasteiger partial charge in [0.25, 0.3) is 0 Å². The Morgan fingerprint density at radius 2 is 1.17 bits per heavy atom. The molecule has 1 aliphatic rings. The van der Waals surface area contributed by atoms with E-state index in [1.807, 2.05) is 24.6 Å². The van der Waals surface area contributed by atoms with Gasteiger partial charge < -0.3 is 4.74 Å². The molecular formula is C24H14O3S2. The maximum atomic E-state index is 12.6. The van der Waals surface area contributed by atoms with E-state index in [1.165, 1.54) is 10.8 Å². The minimum Gasteiger partial charge on any atom is -0.386 e. The van der Waals surface area contributed by atoms with Crippen molar-refractivity contribution in [2.24, 2.45) is 0 Å². The number of cyclic esters (lactones) is 2. The Kier molecular flexibility index (Phi) is 3.47. The van der Waals surface area contributed by atoms with E-state index < -0.39 is 11.9 Å². The van der Waals surface area contributed by atoms with Gasteiger partial charge in [-0.05, 0) is 46.2 Å². The molecule has 0 aromatic heterocycles. The van der Waals surface area contributed by atoms with Crippen LogP contribution in [0, 0.1) is 0 Å². The van der Waals surface area contributed by atoms with E-state index in [0.29, 0.717) is 11.1 Å². The Morgan fingerprint density at radius 1 is 0.655 bits per heavy atom. The molecule has 5 aromatic carbocycles. The van der Waals surface area contributed by atoms with Crippen molar-refractivity contribution in [2.75, 3.05) is 12.5 Å².